The van der Waals surface area contributed by atoms with Crippen molar-refractivity contribution in [2.45, 2.75) is 12.6 Å². The zero-order chi connectivity index (χ0) is 14.5. The van der Waals surface area contributed by atoms with E-state index in [-0.39, 0.29) is 6.04 Å². The predicted molar refractivity (Wildman–Crippen MR) is 78.2 cm³/mol. The van der Waals surface area contributed by atoms with E-state index in [0.717, 1.165) is 32.1 Å². The van der Waals surface area contributed by atoms with Crippen LogP contribution in [0.15, 0.2) is 17.5 Å². The Kier molecular flexibility index (Phi) is 4.91. The van der Waals surface area contributed by atoms with Gasteiger partial charge in [0.15, 0.2) is 5.82 Å². The van der Waals surface area contributed by atoms with Gasteiger partial charge in [0.25, 0.3) is 0 Å². The number of aromatic nitrogens is 4. The number of thiophene rings is 1. The van der Waals surface area contributed by atoms with Crippen LogP contribution in [0.25, 0.3) is 0 Å². The first kappa shape index (κ1) is 14.6. The summed E-state index contributed by atoms with van der Waals surface area (Å²) >= 11 is 1.73. The molecule has 0 amide bonds. The smallest absolute Gasteiger partial charge is 0.173 e. The minimum Gasteiger partial charge on any atom is -0.383 e. The SMILES string of the molecule is COCCn1nnnc1[C@@H](c1cccs1)N1CCOCC1. The molecule has 1 atom stereocenters. The van der Waals surface area contributed by atoms with Gasteiger partial charge < -0.3 is 9.47 Å². The molecule has 0 aromatic carbocycles. The molecular weight excluding hydrogens is 290 g/mol. The number of rotatable bonds is 6. The summed E-state index contributed by atoms with van der Waals surface area (Å²) in [4.78, 5) is 3.63. The molecule has 21 heavy (non-hydrogen) atoms. The van der Waals surface area contributed by atoms with Crippen molar-refractivity contribution < 1.29 is 9.47 Å². The molecule has 0 radical (unpaired) electrons. The summed E-state index contributed by atoms with van der Waals surface area (Å²) in [5.74, 6) is 0.872. The van der Waals surface area contributed by atoms with Gasteiger partial charge >= 0.3 is 0 Å². The van der Waals surface area contributed by atoms with Crippen molar-refractivity contribution in [3.63, 3.8) is 0 Å². The number of methoxy groups -OCH3 is 1. The van der Waals surface area contributed by atoms with E-state index in [0.29, 0.717) is 13.2 Å². The first-order valence-electron chi connectivity index (χ1n) is 7.00. The molecule has 2 aromatic rings. The molecule has 114 valence electrons. The van der Waals surface area contributed by atoms with E-state index in [1.807, 2.05) is 4.68 Å². The topological polar surface area (TPSA) is 65.3 Å². The molecule has 3 heterocycles. The minimum absolute atomic E-state index is 0.0840. The van der Waals surface area contributed by atoms with Crippen molar-refractivity contribution >= 4 is 11.3 Å². The van der Waals surface area contributed by atoms with Crippen LogP contribution in [0.4, 0.5) is 0 Å². The van der Waals surface area contributed by atoms with Crippen molar-refractivity contribution in [2.75, 3.05) is 40.0 Å². The van der Waals surface area contributed by atoms with Gasteiger partial charge in [0.2, 0.25) is 0 Å². The molecule has 0 saturated carbocycles. The molecule has 0 aliphatic carbocycles. The maximum atomic E-state index is 5.46. The van der Waals surface area contributed by atoms with E-state index in [9.17, 15) is 0 Å². The van der Waals surface area contributed by atoms with Crippen LogP contribution in [0.5, 0.6) is 0 Å². The second-order valence-electron chi connectivity index (χ2n) is 4.82. The van der Waals surface area contributed by atoms with Crippen LogP contribution in [0, 0.1) is 0 Å². The standard InChI is InChI=1S/C13H19N5O2S/c1-19-7-6-18-13(14-15-16-18)12(11-3-2-10-21-11)17-4-8-20-9-5-17/h2-3,10,12H,4-9H2,1H3/t12-/m1/s1. The molecule has 1 aliphatic heterocycles. The molecule has 0 bridgehead atoms. The van der Waals surface area contributed by atoms with Gasteiger partial charge in [0.05, 0.1) is 26.4 Å². The zero-order valence-electron chi connectivity index (χ0n) is 12.0. The average Bonchev–Trinajstić information content (AvgIpc) is 3.19. The number of hydrogen-bond donors (Lipinski definition) is 0. The van der Waals surface area contributed by atoms with E-state index in [1.54, 1.807) is 18.4 Å². The first-order chi connectivity index (χ1) is 10.4. The number of ether oxygens (including phenoxy) is 2. The van der Waals surface area contributed by atoms with Gasteiger partial charge in [0.1, 0.15) is 6.04 Å². The zero-order valence-corrected chi connectivity index (χ0v) is 12.8. The molecule has 0 spiro atoms. The summed E-state index contributed by atoms with van der Waals surface area (Å²) in [5, 5.41) is 14.3. The molecule has 1 saturated heterocycles. The number of tetrazole rings is 1. The molecule has 1 fully saturated rings. The summed E-state index contributed by atoms with van der Waals surface area (Å²) in [6, 6.07) is 4.29. The van der Waals surface area contributed by atoms with Crippen LogP contribution in [0.1, 0.15) is 16.7 Å². The van der Waals surface area contributed by atoms with Crippen molar-refractivity contribution in [1.82, 2.24) is 25.1 Å². The Morgan fingerprint density at radius 2 is 2.29 bits per heavy atom. The summed E-state index contributed by atoms with van der Waals surface area (Å²) in [7, 11) is 1.68. The fourth-order valence-corrected chi connectivity index (χ4v) is 3.35. The minimum atomic E-state index is 0.0840. The van der Waals surface area contributed by atoms with Crippen molar-refractivity contribution in [3.05, 3.63) is 28.2 Å². The van der Waals surface area contributed by atoms with Crippen LogP contribution in [-0.2, 0) is 16.0 Å². The monoisotopic (exact) mass is 309 g/mol. The van der Waals surface area contributed by atoms with E-state index in [1.165, 1.54) is 4.88 Å². The lowest BCUT2D eigenvalue weighted by molar-refractivity contribution is 0.0220. The van der Waals surface area contributed by atoms with Gasteiger partial charge in [-0.05, 0) is 21.9 Å². The number of morpholine rings is 1. The lowest BCUT2D eigenvalue weighted by Gasteiger charge is -2.33. The van der Waals surface area contributed by atoms with Crippen molar-refractivity contribution in [3.8, 4) is 0 Å². The molecule has 8 heteroatoms. The Morgan fingerprint density at radius 1 is 1.43 bits per heavy atom. The Balaban J connectivity index is 1.89. The predicted octanol–water partition coefficient (Wildman–Crippen LogP) is 0.803. The fraction of sp³-hybridized carbons (Fsp3) is 0.615. The van der Waals surface area contributed by atoms with Crippen molar-refractivity contribution in [1.29, 1.82) is 0 Å². The van der Waals surface area contributed by atoms with Gasteiger partial charge in [-0.2, -0.15) is 0 Å². The first-order valence-corrected chi connectivity index (χ1v) is 7.88. The highest BCUT2D eigenvalue weighted by Crippen LogP contribution is 2.30. The number of nitrogens with zero attached hydrogens (tertiary/aromatic N) is 5. The highest BCUT2D eigenvalue weighted by atomic mass is 32.1. The third kappa shape index (κ3) is 3.29. The van der Waals surface area contributed by atoms with Crippen LogP contribution >= 0.6 is 11.3 Å². The second-order valence-corrected chi connectivity index (χ2v) is 5.80. The van der Waals surface area contributed by atoms with Crippen molar-refractivity contribution in [2.24, 2.45) is 0 Å². The fourth-order valence-electron chi connectivity index (χ4n) is 2.50. The van der Waals surface area contributed by atoms with E-state index in [4.69, 9.17) is 9.47 Å². The highest BCUT2D eigenvalue weighted by molar-refractivity contribution is 7.10. The quantitative estimate of drug-likeness (QED) is 0.786. The largest absolute Gasteiger partial charge is 0.383 e. The molecule has 0 N–H and O–H groups in total. The molecular formula is C13H19N5O2S. The van der Waals surface area contributed by atoms with Gasteiger partial charge in [-0.1, -0.05) is 6.07 Å². The van der Waals surface area contributed by atoms with Crippen LogP contribution < -0.4 is 0 Å². The van der Waals surface area contributed by atoms with Gasteiger partial charge in [-0.25, -0.2) is 4.68 Å². The Bertz CT molecular complexity index is 539. The summed E-state index contributed by atoms with van der Waals surface area (Å²) in [6.07, 6.45) is 0. The maximum Gasteiger partial charge on any atom is 0.173 e. The lowest BCUT2D eigenvalue weighted by atomic mass is 10.1. The van der Waals surface area contributed by atoms with E-state index < -0.39 is 0 Å². The van der Waals surface area contributed by atoms with Crippen LogP contribution in [0.2, 0.25) is 0 Å². The Labute approximate surface area is 127 Å². The second kappa shape index (κ2) is 7.08. The van der Waals surface area contributed by atoms with E-state index >= 15 is 0 Å². The van der Waals surface area contributed by atoms with Gasteiger partial charge in [0, 0.05) is 25.1 Å². The molecule has 7 nitrogen and oxygen atoms in total. The van der Waals surface area contributed by atoms with Gasteiger partial charge in [-0.15, -0.1) is 16.4 Å². The third-order valence-electron chi connectivity index (χ3n) is 3.53. The normalized spacial score (nSPS) is 18.0. The average molecular weight is 309 g/mol. The lowest BCUT2D eigenvalue weighted by Crippen LogP contribution is -2.40. The maximum absolute atomic E-state index is 5.46. The molecule has 2 aromatic heterocycles. The summed E-state index contributed by atoms with van der Waals surface area (Å²) < 4.78 is 12.4. The summed E-state index contributed by atoms with van der Waals surface area (Å²) in [5.41, 5.74) is 0. The molecule has 0 unspecified atom stereocenters. The Hall–Kier alpha value is -1.35. The Morgan fingerprint density at radius 3 is 3.00 bits per heavy atom. The molecule has 3 rings (SSSR count). The highest BCUT2D eigenvalue weighted by Gasteiger charge is 2.29. The van der Waals surface area contributed by atoms with Crippen LogP contribution in [0.3, 0.4) is 0 Å². The summed E-state index contributed by atoms with van der Waals surface area (Å²) in [6.45, 7) is 4.53. The van der Waals surface area contributed by atoms with Gasteiger partial charge in [-0.3, -0.25) is 4.90 Å². The number of hydrogen-bond acceptors (Lipinski definition) is 7. The molecule has 1 aliphatic rings. The van der Waals surface area contributed by atoms with E-state index in [2.05, 4.69) is 37.9 Å². The third-order valence-corrected chi connectivity index (χ3v) is 4.46. The van der Waals surface area contributed by atoms with Crippen LogP contribution in [-0.4, -0.2) is 65.1 Å².